The standard InChI is InChI=1S/C27H29ClF5N5O2/c1-15(36-21-5-3-17(13-20(21)34)23(39)38-18-6-8-26(29,30)9-7-18)37-22-12-16(2-4-19(22)28)14-35-24(40)25(10-11-25)27(31,32)33/h2-5,12-13,18,36-37H,1,6-11,14,34H2,(H,35,40)(H,38,39). The molecule has 2 aromatic rings. The molecule has 0 heterocycles. The number of hydrogen-bond donors (Lipinski definition) is 5. The molecule has 2 aliphatic carbocycles. The summed E-state index contributed by atoms with van der Waals surface area (Å²) in [6.45, 7) is 3.75. The van der Waals surface area contributed by atoms with E-state index in [0.717, 1.165) is 0 Å². The van der Waals surface area contributed by atoms with Crippen molar-refractivity contribution in [3.05, 3.63) is 64.9 Å². The van der Waals surface area contributed by atoms with Crippen LogP contribution in [0.4, 0.5) is 39.0 Å². The second-order valence-corrected chi connectivity index (χ2v) is 10.6. The second-order valence-electron chi connectivity index (χ2n) is 10.2. The van der Waals surface area contributed by atoms with E-state index in [9.17, 15) is 31.5 Å². The predicted octanol–water partition coefficient (Wildman–Crippen LogP) is 6.18. The molecule has 0 saturated heterocycles. The molecule has 40 heavy (non-hydrogen) atoms. The third kappa shape index (κ3) is 6.78. The molecular weight excluding hydrogens is 557 g/mol. The number of carbonyl (C=O) groups excluding carboxylic acids is 2. The average molecular weight is 586 g/mol. The minimum Gasteiger partial charge on any atom is -0.397 e. The van der Waals surface area contributed by atoms with Gasteiger partial charge in [-0.15, -0.1) is 0 Å². The van der Waals surface area contributed by atoms with Crippen molar-refractivity contribution in [1.82, 2.24) is 10.6 Å². The molecule has 4 rings (SSSR count). The molecule has 0 unspecified atom stereocenters. The highest BCUT2D eigenvalue weighted by atomic mass is 35.5. The van der Waals surface area contributed by atoms with Crippen LogP contribution in [0.5, 0.6) is 0 Å². The zero-order chi connectivity index (χ0) is 29.3. The van der Waals surface area contributed by atoms with Crippen molar-refractivity contribution >= 4 is 40.5 Å². The monoisotopic (exact) mass is 585 g/mol. The Morgan fingerprint density at radius 1 is 1.00 bits per heavy atom. The van der Waals surface area contributed by atoms with Gasteiger partial charge in [0.1, 0.15) is 11.2 Å². The summed E-state index contributed by atoms with van der Waals surface area (Å²) in [5.74, 6) is -3.90. The molecule has 0 atom stereocenters. The zero-order valence-electron chi connectivity index (χ0n) is 21.4. The van der Waals surface area contributed by atoms with Crippen LogP contribution in [0.25, 0.3) is 0 Å². The number of carbonyl (C=O) groups is 2. The Morgan fingerprint density at radius 3 is 2.25 bits per heavy atom. The van der Waals surface area contributed by atoms with Crippen molar-refractivity contribution in [2.75, 3.05) is 16.4 Å². The fourth-order valence-corrected chi connectivity index (χ4v) is 4.69. The number of alkyl halides is 5. The second kappa shape index (κ2) is 11.1. The first-order valence-electron chi connectivity index (χ1n) is 12.6. The maximum absolute atomic E-state index is 13.4. The number of rotatable bonds is 9. The fourth-order valence-electron chi connectivity index (χ4n) is 4.52. The Labute approximate surface area is 232 Å². The van der Waals surface area contributed by atoms with Crippen LogP contribution in [0.2, 0.25) is 5.02 Å². The van der Waals surface area contributed by atoms with E-state index >= 15 is 0 Å². The molecule has 2 aromatic carbocycles. The summed E-state index contributed by atoms with van der Waals surface area (Å²) in [7, 11) is 0. The Bertz CT molecular complexity index is 1300. The van der Waals surface area contributed by atoms with Crippen molar-refractivity contribution in [1.29, 1.82) is 0 Å². The maximum Gasteiger partial charge on any atom is 0.403 e. The highest BCUT2D eigenvalue weighted by molar-refractivity contribution is 6.33. The maximum atomic E-state index is 13.4. The first-order chi connectivity index (χ1) is 18.7. The minimum absolute atomic E-state index is 0.123. The van der Waals surface area contributed by atoms with Crippen LogP contribution in [0.15, 0.2) is 48.8 Å². The topological polar surface area (TPSA) is 108 Å². The van der Waals surface area contributed by atoms with Gasteiger partial charge in [0.05, 0.1) is 22.1 Å². The van der Waals surface area contributed by atoms with Gasteiger partial charge < -0.3 is 27.0 Å². The first kappa shape index (κ1) is 29.4. The lowest BCUT2D eigenvalue weighted by Gasteiger charge is -2.28. The van der Waals surface area contributed by atoms with Crippen molar-refractivity contribution in [3.8, 4) is 0 Å². The molecule has 2 fully saturated rings. The SMILES string of the molecule is C=C(Nc1ccc(C(=O)NC2CCC(F)(F)CC2)cc1N)Nc1cc(CNC(=O)C2(C(F)(F)F)CC2)ccc1Cl. The smallest absolute Gasteiger partial charge is 0.397 e. The Balaban J connectivity index is 1.32. The predicted molar refractivity (Wildman–Crippen MR) is 143 cm³/mol. The molecule has 2 saturated carbocycles. The number of nitrogens with two attached hydrogens (primary N) is 1. The van der Waals surface area contributed by atoms with Gasteiger partial charge in [-0.3, -0.25) is 9.59 Å². The van der Waals surface area contributed by atoms with Crippen molar-refractivity contribution in [3.63, 3.8) is 0 Å². The third-order valence-corrected chi connectivity index (χ3v) is 7.48. The van der Waals surface area contributed by atoms with Gasteiger partial charge >= 0.3 is 6.18 Å². The quantitative estimate of drug-likeness (QED) is 0.178. The van der Waals surface area contributed by atoms with Crippen LogP contribution in [-0.4, -0.2) is 30.0 Å². The van der Waals surface area contributed by atoms with Crippen LogP contribution in [0, 0.1) is 5.41 Å². The average Bonchev–Trinajstić information content (AvgIpc) is 3.69. The highest BCUT2D eigenvalue weighted by Gasteiger charge is 2.68. The van der Waals surface area contributed by atoms with Gasteiger partial charge in [-0.2, -0.15) is 13.2 Å². The lowest BCUT2D eigenvalue weighted by molar-refractivity contribution is -0.192. The fraction of sp³-hybridized carbons (Fsp3) is 0.407. The van der Waals surface area contributed by atoms with E-state index in [4.69, 9.17) is 17.3 Å². The van der Waals surface area contributed by atoms with Crippen LogP contribution < -0.4 is 27.0 Å². The lowest BCUT2D eigenvalue weighted by Crippen LogP contribution is -2.40. The zero-order valence-corrected chi connectivity index (χ0v) is 22.1. The summed E-state index contributed by atoms with van der Waals surface area (Å²) >= 11 is 6.25. The Morgan fingerprint density at radius 2 is 1.65 bits per heavy atom. The van der Waals surface area contributed by atoms with Crippen molar-refractivity contribution < 1.29 is 31.5 Å². The van der Waals surface area contributed by atoms with E-state index < -0.39 is 29.3 Å². The Hall–Kier alpha value is -3.54. The van der Waals surface area contributed by atoms with Gasteiger partial charge in [-0.05, 0) is 61.6 Å². The molecule has 6 N–H and O–H groups in total. The van der Waals surface area contributed by atoms with Crippen molar-refractivity contribution in [2.45, 2.75) is 63.2 Å². The highest BCUT2D eigenvalue weighted by Crippen LogP contribution is 2.57. The molecule has 0 bridgehead atoms. The van der Waals surface area contributed by atoms with Gasteiger partial charge in [0.2, 0.25) is 11.8 Å². The molecule has 13 heteroatoms. The van der Waals surface area contributed by atoms with Gasteiger partial charge in [-0.25, -0.2) is 8.78 Å². The number of benzene rings is 2. The first-order valence-corrected chi connectivity index (χ1v) is 13.0. The molecule has 2 amide bonds. The minimum atomic E-state index is -4.59. The third-order valence-electron chi connectivity index (χ3n) is 7.15. The van der Waals surface area contributed by atoms with E-state index in [0.29, 0.717) is 22.0 Å². The van der Waals surface area contributed by atoms with E-state index in [1.54, 1.807) is 18.2 Å². The molecule has 0 radical (unpaired) electrons. The summed E-state index contributed by atoms with van der Waals surface area (Å²) in [4.78, 5) is 24.7. The summed E-state index contributed by atoms with van der Waals surface area (Å²) in [6.07, 6.45) is -5.17. The lowest BCUT2D eigenvalue weighted by atomic mass is 9.92. The molecular formula is C27H29ClF5N5O2. The molecule has 0 spiro atoms. The van der Waals surface area contributed by atoms with Crippen LogP contribution >= 0.6 is 11.6 Å². The van der Waals surface area contributed by atoms with Gasteiger partial charge in [-0.1, -0.05) is 24.2 Å². The van der Waals surface area contributed by atoms with Crippen molar-refractivity contribution in [2.24, 2.45) is 5.41 Å². The van der Waals surface area contributed by atoms with E-state index in [1.807, 2.05) is 0 Å². The van der Waals surface area contributed by atoms with E-state index in [-0.39, 0.29) is 68.2 Å². The molecule has 0 aliphatic heterocycles. The van der Waals surface area contributed by atoms with Crippen LogP contribution in [0.3, 0.4) is 0 Å². The number of anilines is 3. The van der Waals surface area contributed by atoms with Gasteiger partial charge in [0.25, 0.3) is 5.91 Å². The molecule has 216 valence electrons. The van der Waals surface area contributed by atoms with Crippen LogP contribution in [-0.2, 0) is 11.3 Å². The normalized spacial score (nSPS) is 17.9. The van der Waals surface area contributed by atoms with E-state index in [1.165, 1.54) is 18.2 Å². The molecule has 7 nitrogen and oxygen atoms in total. The number of amides is 2. The van der Waals surface area contributed by atoms with E-state index in [2.05, 4.69) is 27.8 Å². The number of nitrogens with one attached hydrogen (secondary N) is 4. The largest absolute Gasteiger partial charge is 0.403 e. The summed E-state index contributed by atoms with van der Waals surface area (Å²) < 4.78 is 66.2. The van der Waals surface area contributed by atoms with Crippen LogP contribution in [0.1, 0.15) is 54.4 Å². The summed E-state index contributed by atoms with van der Waals surface area (Å²) in [6, 6.07) is 8.90. The summed E-state index contributed by atoms with van der Waals surface area (Å²) in [5, 5.41) is 11.3. The number of halogens is 6. The van der Waals surface area contributed by atoms with Gasteiger partial charge in [0, 0.05) is 31.0 Å². The number of hydrogen-bond acceptors (Lipinski definition) is 5. The van der Waals surface area contributed by atoms with Gasteiger partial charge in [0.15, 0.2) is 0 Å². The number of nitrogen functional groups attached to an aromatic ring is 1. The molecule has 0 aromatic heterocycles. The molecule has 2 aliphatic rings. The Kier molecular flexibility index (Phi) is 8.21. The summed E-state index contributed by atoms with van der Waals surface area (Å²) in [5.41, 5.74) is 5.63.